The van der Waals surface area contributed by atoms with Crippen LogP contribution in [0.25, 0.3) is 0 Å². The van der Waals surface area contributed by atoms with Crippen LogP contribution in [0, 0.1) is 0 Å². The van der Waals surface area contributed by atoms with Crippen molar-refractivity contribution < 1.29 is 4.79 Å². The van der Waals surface area contributed by atoms with Crippen LogP contribution in [0.15, 0.2) is 17.6 Å². The summed E-state index contributed by atoms with van der Waals surface area (Å²) in [6.45, 7) is 7.30. The van der Waals surface area contributed by atoms with Gasteiger partial charge in [-0.15, -0.1) is 11.3 Å². The molecule has 0 aromatic carbocycles. The van der Waals surface area contributed by atoms with Crippen molar-refractivity contribution >= 4 is 17.2 Å². The minimum Gasteiger partial charge on any atom is -0.354 e. The van der Waals surface area contributed by atoms with Gasteiger partial charge in [-0.25, -0.2) is 4.98 Å². The Balaban J connectivity index is 1.63. The number of hydrogen-bond donors (Lipinski definition) is 1. The molecule has 1 fully saturated rings. The first-order valence-electron chi connectivity index (χ1n) is 8.50. The smallest absolute Gasteiger partial charge is 0.271 e. The van der Waals surface area contributed by atoms with Gasteiger partial charge in [-0.2, -0.15) is 5.10 Å². The molecule has 0 spiro atoms. The molecular weight excluding hydrogens is 322 g/mol. The van der Waals surface area contributed by atoms with Gasteiger partial charge < -0.3 is 5.32 Å². The second-order valence-electron chi connectivity index (χ2n) is 6.62. The van der Waals surface area contributed by atoms with Crippen LogP contribution >= 0.6 is 11.3 Å². The van der Waals surface area contributed by atoms with Gasteiger partial charge >= 0.3 is 0 Å². The molecule has 1 N–H and O–H groups in total. The van der Waals surface area contributed by atoms with Crippen LogP contribution < -0.4 is 5.32 Å². The number of likely N-dealkylation sites (tertiary alicyclic amines) is 1. The molecule has 130 valence electrons. The molecule has 0 aliphatic carbocycles. The molecule has 3 heterocycles. The number of nitrogens with one attached hydrogen (secondary N) is 1. The first-order valence-corrected chi connectivity index (χ1v) is 9.38. The van der Waals surface area contributed by atoms with Gasteiger partial charge in [0, 0.05) is 37.6 Å². The average Bonchev–Trinajstić information content (AvgIpc) is 3.24. The summed E-state index contributed by atoms with van der Waals surface area (Å²) in [4.78, 5) is 18.8. The normalized spacial score (nSPS) is 18.9. The molecule has 1 atom stereocenters. The molecule has 2 aromatic rings. The van der Waals surface area contributed by atoms with E-state index in [0.717, 1.165) is 38.2 Å². The van der Waals surface area contributed by atoms with Gasteiger partial charge in [-0.1, -0.05) is 13.8 Å². The molecule has 0 radical (unpaired) electrons. The maximum atomic E-state index is 11.7. The second kappa shape index (κ2) is 7.44. The van der Waals surface area contributed by atoms with Crippen molar-refractivity contribution in [3.05, 3.63) is 34.0 Å². The molecular formula is C17H25N5OS. The summed E-state index contributed by atoms with van der Waals surface area (Å²) in [6, 6.07) is 2.10. The molecule has 0 saturated carbocycles. The Hall–Kier alpha value is -1.73. The lowest BCUT2D eigenvalue weighted by Gasteiger charge is -2.32. The minimum atomic E-state index is -0.134. The van der Waals surface area contributed by atoms with E-state index in [1.807, 2.05) is 10.9 Å². The summed E-state index contributed by atoms with van der Waals surface area (Å²) in [7, 11) is 1.63. The highest BCUT2D eigenvalue weighted by molar-refractivity contribution is 7.09. The Labute approximate surface area is 146 Å². The number of rotatable bonds is 5. The number of carbonyl (C=O) groups is 1. The zero-order valence-electron chi connectivity index (χ0n) is 14.5. The van der Waals surface area contributed by atoms with Crippen molar-refractivity contribution in [1.29, 1.82) is 0 Å². The van der Waals surface area contributed by atoms with E-state index < -0.39 is 0 Å². The highest BCUT2D eigenvalue weighted by atomic mass is 32.1. The molecule has 1 amide bonds. The summed E-state index contributed by atoms with van der Waals surface area (Å²) >= 11 is 1.75. The Bertz CT molecular complexity index is 693. The average molecular weight is 347 g/mol. The van der Waals surface area contributed by atoms with Crippen LogP contribution in [-0.4, -0.2) is 45.7 Å². The predicted octanol–water partition coefficient (Wildman–Crippen LogP) is 2.66. The van der Waals surface area contributed by atoms with E-state index in [4.69, 9.17) is 4.98 Å². The van der Waals surface area contributed by atoms with E-state index in [1.54, 1.807) is 24.5 Å². The predicted molar refractivity (Wildman–Crippen MR) is 95.4 cm³/mol. The second-order valence-corrected chi connectivity index (χ2v) is 7.51. The fourth-order valence-electron chi connectivity index (χ4n) is 3.07. The zero-order valence-corrected chi connectivity index (χ0v) is 15.3. The SMILES string of the molecule is CNC(=O)c1ccn(C2CCCN(Cc3csc(C(C)C)n3)C2)n1. The molecule has 3 rings (SSSR count). The lowest BCUT2D eigenvalue weighted by molar-refractivity contribution is 0.0955. The third kappa shape index (κ3) is 3.84. The minimum absolute atomic E-state index is 0.134. The summed E-state index contributed by atoms with van der Waals surface area (Å²) in [5.74, 6) is 0.357. The Morgan fingerprint density at radius 3 is 3.04 bits per heavy atom. The van der Waals surface area contributed by atoms with Crippen molar-refractivity contribution in [3.8, 4) is 0 Å². The topological polar surface area (TPSA) is 63.1 Å². The van der Waals surface area contributed by atoms with E-state index in [9.17, 15) is 4.79 Å². The van der Waals surface area contributed by atoms with Crippen molar-refractivity contribution in [2.75, 3.05) is 20.1 Å². The van der Waals surface area contributed by atoms with Crippen LogP contribution in [0.4, 0.5) is 0 Å². The number of piperidine rings is 1. The molecule has 24 heavy (non-hydrogen) atoms. The van der Waals surface area contributed by atoms with Crippen LogP contribution in [0.3, 0.4) is 0 Å². The number of amides is 1. The van der Waals surface area contributed by atoms with Gasteiger partial charge in [0.2, 0.25) is 0 Å². The molecule has 7 heteroatoms. The van der Waals surface area contributed by atoms with Crippen molar-refractivity contribution in [2.45, 2.75) is 45.2 Å². The van der Waals surface area contributed by atoms with E-state index >= 15 is 0 Å². The van der Waals surface area contributed by atoms with Crippen molar-refractivity contribution in [1.82, 2.24) is 25.0 Å². The van der Waals surface area contributed by atoms with E-state index in [-0.39, 0.29) is 5.91 Å². The largest absolute Gasteiger partial charge is 0.354 e. The number of aromatic nitrogens is 3. The standard InChI is InChI=1S/C17H25N5OS/c1-12(2)17-19-13(11-24-17)9-21-7-4-5-14(10-21)22-8-6-15(20-22)16(23)18-3/h6,8,11-12,14H,4-5,7,9-10H2,1-3H3,(H,18,23). The first-order chi connectivity index (χ1) is 11.6. The van der Waals surface area contributed by atoms with Crippen LogP contribution in [0.1, 0.15) is 59.8 Å². The Kier molecular flexibility index (Phi) is 5.30. The highest BCUT2D eigenvalue weighted by Gasteiger charge is 2.23. The number of nitrogens with zero attached hydrogens (tertiary/aromatic N) is 4. The molecule has 6 nitrogen and oxygen atoms in total. The van der Waals surface area contributed by atoms with Crippen LogP contribution in [-0.2, 0) is 6.54 Å². The molecule has 1 saturated heterocycles. The quantitative estimate of drug-likeness (QED) is 0.903. The van der Waals surface area contributed by atoms with Crippen molar-refractivity contribution in [3.63, 3.8) is 0 Å². The van der Waals surface area contributed by atoms with Gasteiger partial charge in [0.05, 0.1) is 16.7 Å². The molecule has 1 aliphatic heterocycles. The van der Waals surface area contributed by atoms with Crippen LogP contribution in [0.5, 0.6) is 0 Å². The first kappa shape index (κ1) is 17.1. The number of thiazole rings is 1. The van der Waals surface area contributed by atoms with Gasteiger partial charge in [0.25, 0.3) is 5.91 Å². The molecule has 1 unspecified atom stereocenters. The van der Waals surface area contributed by atoms with Gasteiger partial charge in [-0.05, 0) is 25.5 Å². The molecule has 0 bridgehead atoms. The maximum Gasteiger partial charge on any atom is 0.271 e. The molecule has 1 aliphatic rings. The zero-order chi connectivity index (χ0) is 17.1. The maximum absolute atomic E-state index is 11.7. The molecule has 2 aromatic heterocycles. The van der Waals surface area contributed by atoms with Crippen molar-refractivity contribution in [2.24, 2.45) is 0 Å². The summed E-state index contributed by atoms with van der Waals surface area (Å²) in [6.07, 6.45) is 4.15. The monoisotopic (exact) mass is 347 g/mol. The van der Waals surface area contributed by atoms with Gasteiger partial charge in [-0.3, -0.25) is 14.4 Å². The van der Waals surface area contributed by atoms with Gasteiger partial charge in [0.1, 0.15) is 5.69 Å². The Morgan fingerprint density at radius 1 is 1.50 bits per heavy atom. The summed E-state index contributed by atoms with van der Waals surface area (Å²) in [5.41, 5.74) is 1.64. The van der Waals surface area contributed by atoms with E-state index in [2.05, 4.69) is 34.5 Å². The Morgan fingerprint density at radius 2 is 2.33 bits per heavy atom. The number of hydrogen-bond acceptors (Lipinski definition) is 5. The van der Waals surface area contributed by atoms with Crippen LogP contribution in [0.2, 0.25) is 0 Å². The highest BCUT2D eigenvalue weighted by Crippen LogP contribution is 2.24. The summed E-state index contributed by atoms with van der Waals surface area (Å²) in [5, 5.41) is 10.4. The fraction of sp³-hybridized carbons (Fsp3) is 0.588. The summed E-state index contributed by atoms with van der Waals surface area (Å²) < 4.78 is 1.94. The third-order valence-electron chi connectivity index (χ3n) is 4.37. The van der Waals surface area contributed by atoms with E-state index in [0.29, 0.717) is 17.7 Å². The third-order valence-corrected chi connectivity index (χ3v) is 5.57. The van der Waals surface area contributed by atoms with Gasteiger partial charge in [0.15, 0.2) is 0 Å². The lowest BCUT2D eigenvalue weighted by Crippen LogP contribution is -2.36. The number of carbonyl (C=O) groups excluding carboxylic acids is 1. The van der Waals surface area contributed by atoms with E-state index in [1.165, 1.54) is 5.01 Å². The lowest BCUT2D eigenvalue weighted by atomic mass is 10.1. The fourth-order valence-corrected chi connectivity index (χ4v) is 3.90.